The summed E-state index contributed by atoms with van der Waals surface area (Å²) < 4.78 is 0. The van der Waals surface area contributed by atoms with Gasteiger partial charge in [-0.1, -0.05) is 37.1 Å². The van der Waals surface area contributed by atoms with Crippen LogP contribution in [0.3, 0.4) is 0 Å². The number of rotatable bonds is 2. The second-order valence-corrected chi connectivity index (χ2v) is 2.70. The van der Waals surface area contributed by atoms with E-state index in [1.165, 1.54) is 11.1 Å². The number of hydrogen-bond donors (Lipinski definition) is 0. The number of allylic oxidation sites excluding steroid dienone is 3. The van der Waals surface area contributed by atoms with E-state index in [0.29, 0.717) is 5.92 Å². The highest BCUT2D eigenvalue weighted by Gasteiger charge is 1.85. The van der Waals surface area contributed by atoms with Crippen molar-refractivity contribution in [1.82, 2.24) is 0 Å². The first-order valence-electron chi connectivity index (χ1n) is 3.12. The minimum Gasteiger partial charge on any atom is -0.0929 e. The molecule has 0 amide bonds. The van der Waals surface area contributed by atoms with E-state index in [-0.39, 0.29) is 0 Å². The summed E-state index contributed by atoms with van der Waals surface area (Å²) in [5.74, 6) is 0.609. The van der Waals surface area contributed by atoms with Gasteiger partial charge in [-0.25, -0.2) is 0 Å². The zero-order valence-electron chi connectivity index (χ0n) is 6.19. The molecule has 0 aliphatic rings. The predicted octanol–water partition coefficient (Wildman–Crippen LogP) is 3.34. The van der Waals surface area contributed by atoms with Gasteiger partial charge < -0.3 is 0 Å². The fourth-order valence-corrected chi connectivity index (χ4v) is 0.879. The van der Waals surface area contributed by atoms with Gasteiger partial charge in [0.2, 0.25) is 0 Å². The van der Waals surface area contributed by atoms with E-state index in [2.05, 4.69) is 19.9 Å². The maximum absolute atomic E-state index is 5.36. The molecule has 9 heavy (non-hydrogen) atoms. The monoisotopic (exact) mass is 144 g/mol. The molecule has 0 rings (SSSR count). The second-order valence-electron chi connectivity index (χ2n) is 2.45. The van der Waals surface area contributed by atoms with Gasteiger partial charge in [0.05, 0.1) is 0 Å². The highest BCUT2D eigenvalue weighted by Crippen LogP contribution is 2.02. The summed E-state index contributed by atoms with van der Waals surface area (Å²) >= 11 is 5.36. The molecule has 0 aliphatic carbocycles. The number of halogens is 1. The molecule has 0 aliphatic heterocycles. The molecule has 0 saturated heterocycles. The van der Waals surface area contributed by atoms with E-state index in [9.17, 15) is 0 Å². The van der Waals surface area contributed by atoms with E-state index in [1.54, 1.807) is 0 Å². The van der Waals surface area contributed by atoms with Crippen LogP contribution < -0.4 is 0 Å². The molecule has 0 spiro atoms. The van der Waals surface area contributed by atoms with Gasteiger partial charge in [0.1, 0.15) is 0 Å². The van der Waals surface area contributed by atoms with E-state index < -0.39 is 0 Å². The van der Waals surface area contributed by atoms with Crippen LogP contribution in [-0.4, -0.2) is 0 Å². The molecule has 0 N–H and O–H groups in total. The summed E-state index contributed by atoms with van der Waals surface area (Å²) in [5, 5.41) is 0. The number of hydrogen-bond acceptors (Lipinski definition) is 0. The zero-order chi connectivity index (χ0) is 7.28. The Morgan fingerprint density at radius 3 is 2.33 bits per heavy atom. The molecule has 0 saturated carbocycles. The van der Waals surface area contributed by atoms with Crippen LogP contribution >= 0.6 is 11.6 Å². The van der Waals surface area contributed by atoms with Gasteiger partial charge in [-0.05, 0) is 18.9 Å². The standard InChI is InChI=1S/C8H13Cl/c1-7(2)6-8(3)4-5-9/h4-7H,1-3H3/b5-4+,8-6-. The fourth-order valence-electron chi connectivity index (χ4n) is 0.681. The Kier molecular flexibility index (Phi) is 4.51. The molecule has 0 radical (unpaired) electrons. The first kappa shape index (κ1) is 8.77. The van der Waals surface area contributed by atoms with Crippen molar-refractivity contribution in [3.05, 3.63) is 23.3 Å². The molecule has 0 aromatic carbocycles. The van der Waals surface area contributed by atoms with E-state index in [0.717, 1.165) is 0 Å². The SMILES string of the molecule is CC(=C/C(C)C)/C=C/Cl. The molecule has 0 bridgehead atoms. The molecule has 0 aromatic heterocycles. The van der Waals surface area contributed by atoms with Crippen molar-refractivity contribution < 1.29 is 0 Å². The molecular weight excluding hydrogens is 132 g/mol. The van der Waals surface area contributed by atoms with Crippen molar-refractivity contribution in [2.75, 3.05) is 0 Å². The summed E-state index contributed by atoms with van der Waals surface area (Å²) in [6.45, 7) is 6.33. The van der Waals surface area contributed by atoms with Crippen LogP contribution in [-0.2, 0) is 0 Å². The summed E-state index contributed by atoms with van der Waals surface area (Å²) in [4.78, 5) is 0. The van der Waals surface area contributed by atoms with Crippen molar-refractivity contribution in [2.45, 2.75) is 20.8 Å². The van der Waals surface area contributed by atoms with Gasteiger partial charge in [0.15, 0.2) is 0 Å². The third kappa shape index (κ3) is 5.64. The first-order valence-corrected chi connectivity index (χ1v) is 3.55. The molecular formula is C8H13Cl. The maximum atomic E-state index is 5.36. The van der Waals surface area contributed by atoms with E-state index in [1.807, 2.05) is 13.0 Å². The zero-order valence-corrected chi connectivity index (χ0v) is 6.94. The average Bonchev–Trinajstić information content (AvgIpc) is 1.63. The van der Waals surface area contributed by atoms with Crippen molar-refractivity contribution >= 4 is 11.6 Å². The van der Waals surface area contributed by atoms with Crippen molar-refractivity contribution in [2.24, 2.45) is 5.92 Å². The fraction of sp³-hybridized carbons (Fsp3) is 0.500. The topological polar surface area (TPSA) is 0 Å². The van der Waals surface area contributed by atoms with Gasteiger partial charge in [-0.15, -0.1) is 0 Å². The molecule has 52 valence electrons. The van der Waals surface area contributed by atoms with Crippen LogP contribution in [0.25, 0.3) is 0 Å². The lowest BCUT2D eigenvalue weighted by Crippen LogP contribution is -1.79. The Balaban J connectivity index is 3.84. The van der Waals surface area contributed by atoms with Gasteiger partial charge in [-0.3, -0.25) is 0 Å². The quantitative estimate of drug-likeness (QED) is 0.522. The third-order valence-corrected chi connectivity index (χ3v) is 1.05. The van der Waals surface area contributed by atoms with E-state index >= 15 is 0 Å². The Morgan fingerprint density at radius 1 is 1.44 bits per heavy atom. The lowest BCUT2D eigenvalue weighted by Gasteiger charge is -1.94. The lowest BCUT2D eigenvalue weighted by atomic mass is 10.1. The van der Waals surface area contributed by atoms with Gasteiger partial charge in [-0.2, -0.15) is 0 Å². The van der Waals surface area contributed by atoms with Crippen molar-refractivity contribution in [3.8, 4) is 0 Å². The van der Waals surface area contributed by atoms with Crippen molar-refractivity contribution in [3.63, 3.8) is 0 Å². The van der Waals surface area contributed by atoms with Gasteiger partial charge in [0, 0.05) is 5.54 Å². The smallest absolute Gasteiger partial charge is 0.00449 e. The van der Waals surface area contributed by atoms with Crippen molar-refractivity contribution in [1.29, 1.82) is 0 Å². The Morgan fingerprint density at radius 2 is 2.00 bits per heavy atom. The average molecular weight is 145 g/mol. The molecule has 1 heteroatoms. The molecule has 0 nitrogen and oxygen atoms in total. The maximum Gasteiger partial charge on any atom is 0.00449 e. The Hall–Kier alpha value is -0.230. The summed E-state index contributed by atoms with van der Waals surface area (Å²) in [6, 6.07) is 0. The molecule has 0 heterocycles. The molecule has 0 unspecified atom stereocenters. The summed E-state index contributed by atoms with van der Waals surface area (Å²) in [5.41, 5.74) is 2.76. The third-order valence-electron chi connectivity index (χ3n) is 0.922. The van der Waals surface area contributed by atoms with Gasteiger partial charge >= 0.3 is 0 Å². The highest BCUT2D eigenvalue weighted by molar-refractivity contribution is 6.25. The van der Waals surface area contributed by atoms with Crippen LogP contribution in [0.5, 0.6) is 0 Å². The normalized spacial score (nSPS) is 13.7. The predicted molar refractivity (Wildman–Crippen MR) is 43.6 cm³/mol. The molecule has 0 fully saturated rings. The van der Waals surface area contributed by atoms with Crippen LogP contribution in [0.4, 0.5) is 0 Å². The van der Waals surface area contributed by atoms with Crippen LogP contribution in [0.1, 0.15) is 20.8 Å². The highest BCUT2D eigenvalue weighted by atomic mass is 35.5. The molecule has 0 aromatic rings. The second kappa shape index (κ2) is 4.63. The first-order chi connectivity index (χ1) is 4.16. The van der Waals surface area contributed by atoms with E-state index in [4.69, 9.17) is 11.6 Å². The van der Waals surface area contributed by atoms with Crippen LogP contribution in [0, 0.1) is 5.92 Å². The summed E-state index contributed by atoms with van der Waals surface area (Å²) in [7, 11) is 0. The Bertz CT molecular complexity index is 121. The lowest BCUT2D eigenvalue weighted by molar-refractivity contribution is 0.825. The van der Waals surface area contributed by atoms with Crippen LogP contribution in [0.2, 0.25) is 0 Å². The van der Waals surface area contributed by atoms with Gasteiger partial charge in [0.25, 0.3) is 0 Å². The van der Waals surface area contributed by atoms with Crippen LogP contribution in [0.15, 0.2) is 23.3 Å². The molecule has 0 atom stereocenters. The summed E-state index contributed by atoms with van der Waals surface area (Å²) in [6.07, 6.45) is 4.06. The largest absolute Gasteiger partial charge is 0.0929 e. The minimum absolute atomic E-state index is 0.609. The Labute approximate surface area is 62.2 Å². The minimum atomic E-state index is 0.609.